The van der Waals surface area contributed by atoms with Crippen LogP contribution in [0.25, 0.3) is 0 Å². The third kappa shape index (κ3) is 3.42. The maximum Gasteiger partial charge on any atom is 0.323 e. The van der Waals surface area contributed by atoms with Crippen molar-refractivity contribution >= 4 is 23.5 Å². The van der Waals surface area contributed by atoms with Gasteiger partial charge in [-0.1, -0.05) is 24.3 Å². The topological polar surface area (TPSA) is 41.6 Å². The molecule has 1 fully saturated rings. The number of benzene rings is 2. The minimum atomic E-state index is -0.304. The molecule has 0 aromatic heterocycles. The largest absolute Gasteiger partial charge is 0.497 e. The van der Waals surface area contributed by atoms with Crippen molar-refractivity contribution in [2.75, 3.05) is 24.7 Å². The van der Waals surface area contributed by atoms with Crippen LogP contribution in [-0.2, 0) is 0 Å². The molecule has 1 N–H and O–H groups in total. The maximum atomic E-state index is 14.0. The second-order valence-corrected chi connectivity index (χ2v) is 6.29. The molecule has 1 aliphatic heterocycles. The van der Waals surface area contributed by atoms with E-state index in [-0.39, 0.29) is 17.2 Å². The molecule has 1 heterocycles. The highest BCUT2D eigenvalue weighted by Crippen LogP contribution is 2.39. The van der Waals surface area contributed by atoms with Gasteiger partial charge < -0.3 is 15.0 Å². The van der Waals surface area contributed by atoms with Crippen LogP contribution in [0.15, 0.2) is 48.5 Å². The first kappa shape index (κ1) is 15.7. The average Bonchev–Trinajstić information content (AvgIpc) is 3.05. The van der Waals surface area contributed by atoms with Crippen LogP contribution in [0.1, 0.15) is 10.9 Å². The van der Waals surface area contributed by atoms with E-state index in [0.717, 1.165) is 5.75 Å². The van der Waals surface area contributed by atoms with Gasteiger partial charge in [0.1, 0.15) is 16.9 Å². The van der Waals surface area contributed by atoms with E-state index in [1.807, 2.05) is 12.1 Å². The van der Waals surface area contributed by atoms with Crippen LogP contribution < -0.4 is 10.1 Å². The van der Waals surface area contributed by atoms with Crippen LogP contribution in [-0.4, -0.2) is 30.3 Å². The summed E-state index contributed by atoms with van der Waals surface area (Å²) in [5, 5.41) is 2.55. The number of nitrogens with zero attached hydrogens (tertiary/aromatic N) is 1. The van der Waals surface area contributed by atoms with Gasteiger partial charge in [-0.25, -0.2) is 9.18 Å². The molecule has 2 amide bonds. The van der Waals surface area contributed by atoms with Crippen molar-refractivity contribution in [3.8, 4) is 5.75 Å². The first-order chi connectivity index (χ1) is 11.2. The molecule has 120 valence electrons. The monoisotopic (exact) mass is 332 g/mol. The Morgan fingerprint density at radius 2 is 2.13 bits per heavy atom. The summed E-state index contributed by atoms with van der Waals surface area (Å²) in [6.07, 6.45) is 0. The third-order valence-electron chi connectivity index (χ3n) is 3.64. The van der Waals surface area contributed by atoms with Crippen LogP contribution in [0.5, 0.6) is 5.75 Å². The predicted molar refractivity (Wildman–Crippen MR) is 90.3 cm³/mol. The molecule has 0 radical (unpaired) electrons. The van der Waals surface area contributed by atoms with E-state index in [1.165, 1.54) is 6.07 Å². The number of methoxy groups -OCH3 is 1. The predicted octanol–water partition coefficient (Wildman–Crippen LogP) is 4.11. The van der Waals surface area contributed by atoms with Crippen molar-refractivity contribution < 1.29 is 13.9 Å². The van der Waals surface area contributed by atoms with Gasteiger partial charge in [-0.3, -0.25) is 0 Å². The lowest BCUT2D eigenvalue weighted by atomic mass is 10.2. The lowest BCUT2D eigenvalue weighted by Gasteiger charge is -2.24. The quantitative estimate of drug-likeness (QED) is 0.919. The number of carbonyl (C=O) groups excluding carboxylic acids is 1. The van der Waals surface area contributed by atoms with Crippen LogP contribution in [0, 0.1) is 5.82 Å². The van der Waals surface area contributed by atoms with Crippen LogP contribution in [0.3, 0.4) is 0 Å². The number of thioether (sulfide) groups is 1. The Morgan fingerprint density at radius 1 is 1.30 bits per heavy atom. The summed E-state index contributed by atoms with van der Waals surface area (Å²) in [5.41, 5.74) is 1.19. The summed E-state index contributed by atoms with van der Waals surface area (Å²) in [6.45, 7) is 0.583. The summed E-state index contributed by atoms with van der Waals surface area (Å²) >= 11 is 1.56. The molecule has 1 saturated heterocycles. The van der Waals surface area contributed by atoms with Gasteiger partial charge in [0.15, 0.2) is 0 Å². The lowest BCUT2D eigenvalue weighted by molar-refractivity contribution is 0.213. The zero-order valence-electron chi connectivity index (χ0n) is 12.7. The molecule has 1 aliphatic rings. The third-order valence-corrected chi connectivity index (χ3v) is 4.89. The molecule has 3 rings (SSSR count). The Morgan fingerprint density at radius 3 is 2.91 bits per heavy atom. The molecular weight excluding hydrogens is 315 g/mol. The van der Waals surface area contributed by atoms with Gasteiger partial charge in [0.2, 0.25) is 0 Å². The van der Waals surface area contributed by atoms with Gasteiger partial charge >= 0.3 is 6.03 Å². The Hall–Kier alpha value is -2.21. The number of nitrogens with one attached hydrogen (secondary N) is 1. The Labute approximate surface area is 138 Å². The van der Waals surface area contributed by atoms with E-state index >= 15 is 0 Å². The minimum Gasteiger partial charge on any atom is -0.497 e. The molecule has 0 bridgehead atoms. The molecule has 0 saturated carbocycles. The standard InChI is InChI=1S/C17H17FN2O2S/c1-22-13-6-4-5-12(11-13)19-17(21)20-9-10-23-16(20)14-7-2-3-8-15(14)18/h2-8,11,16H,9-10H2,1H3,(H,19,21)/t16-/m1/s1. The van der Waals surface area contributed by atoms with Crippen LogP contribution >= 0.6 is 11.8 Å². The fraction of sp³-hybridized carbons (Fsp3) is 0.235. The van der Waals surface area contributed by atoms with Crippen LogP contribution in [0.2, 0.25) is 0 Å². The first-order valence-electron chi connectivity index (χ1n) is 7.27. The van der Waals surface area contributed by atoms with E-state index < -0.39 is 0 Å². The SMILES string of the molecule is COc1cccc(NC(=O)N2CCS[C@@H]2c2ccccc2F)c1. The van der Waals surface area contributed by atoms with Gasteiger partial charge in [0.05, 0.1) is 7.11 Å². The number of halogens is 1. The van der Waals surface area contributed by atoms with Crippen molar-refractivity contribution in [2.24, 2.45) is 0 Å². The zero-order valence-corrected chi connectivity index (χ0v) is 13.5. The van der Waals surface area contributed by atoms with Crippen molar-refractivity contribution in [1.82, 2.24) is 4.90 Å². The van der Waals surface area contributed by atoms with Gasteiger partial charge in [-0.05, 0) is 18.2 Å². The van der Waals surface area contributed by atoms with E-state index in [9.17, 15) is 9.18 Å². The number of urea groups is 1. The number of ether oxygens (including phenoxy) is 1. The molecule has 2 aromatic rings. The Kier molecular flexibility index (Phi) is 4.71. The number of hydrogen-bond donors (Lipinski definition) is 1. The minimum absolute atomic E-state index is 0.239. The number of anilines is 1. The van der Waals surface area contributed by atoms with Crippen molar-refractivity contribution in [3.63, 3.8) is 0 Å². The molecule has 1 atom stereocenters. The molecule has 4 nitrogen and oxygen atoms in total. The maximum absolute atomic E-state index is 14.0. The molecule has 6 heteroatoms. The van der Waals surface area contributed by atoms with Gasteiger partial charge in [-0.2, -0.15) is 0 Å². The van der Waals surface area contributed by atoms with Gasteiger partial charge in [0.25, 0.3) is 0 Å². The number of rotatable bonds is 3. The van der Waals surface area contributed by atoms with Crippen molar-refractivity contribution in [1.29, 1.82) is 0 Å². The Bertz CT molecular complexity index is 710. The first-order valence-corrected chi connectivity index (χ1v) is 8.31. The fourth-order valence-electron chi connectivity index (χ4n) is 2.51. The lowest BCUT2D eigenvalue weighted by Crippen LogP contribution is -2.34. The normalized spacial score (nSPS) is 17.1. The summed E-state index contributed by atoms with van der Waals surface area (Å²) in [7, 11) is 1.58. The average molecular weight is 332 g/mol. The highest BCUT2D eigenvalue weighted by molar-refractivity contribution is 7.99. The van der Waals surface area contributed by atoms with E-state index in [2.05, 4.69) is 5.32 Å². The number of hydrogen-bond acceptors (Lipinski definition) is 3. The molecule has 2 aromatic carbocycles. The second kappa shape index (κ2) is 6.91. The summed E-state index contributed by atoms with van der Waals surface area (Å²) < 4.78 is 19.2. The van der Waals surface area contributed by atoms with E-state index in [0.29, 0.717) is 23.5 Å². The van der Waals surface area contributed by atoms with Gasteiger partial charge in [0, 0.05) is 29.6 Å². The number of amides is 2. The number of carbonyl (C=O) groups is 1. The summed E-state index contributed by atoms with van der Waals surface area (Å²) in [5.74, 6) is 1.17. The zero-order chi connectivity index (χ0) is 16.2. The molecular formula is C17H17FN2O2S. The molecule has 23 heavy (non-hydrogen) atoms. The molecule has 0 aliphatic carbocycles. The van der Waals surface area contributed by atoms with Crippen molar-refractivity contribution in [2.45, 2.75) is 5.37 Å². The van der Waals surface area contributed by atoms with E-state index in [1.54, 1.807) is 54.1 Å². The molecule has 0 unspecified atom stereocenters. The highest BCUT2D eigenvalue weighted by atomic mass is 32.2. The summed E-state index contributed by atoms with van der Waals surface area (Å²) in [6, 6.07) is 13.5. The molecule has 0 spiro atoms. The van der Waals surface area contributed by atoms with Gasteiger partial charge in [-0.15, -0.1) is 11.8 Å². The van der Waals surface area contributed by atoms with Crippen molar-refractivity contribution in [3.05, 3.63) is 59.9 Å². The second-order valence-electron chi connectivity index (χ2n) is 5.10. The summed E-state index contributed by atoms with van der Waals surface area (Å²) in [4.78, 5) is 14.2. The fourth-order valence-corrected chi connectivity index (χ4v) is 3.78. The van der Waals surface area contributed by atoms with Crippen LogP contribution in [0.4, 0.5) is 14.9 Å². The Balaban J connectivity index is 1.77. The smallest absolute Gasteiger partial charge is 0.323 e. The van der Waals surface area contributed by atoms with E-state index in [4.69, 9.17) is 4.74 Å². The highest BCUT2D eigenvalue weighted by Gasteiger charge is 2.32.